The molecule has 0 radical (unpaired) electrons. The van der Waals surface area contributed by atoms with Crippen molar-refractivity contribution in [1.29, 1.82) is 0 Å². The largest absolute Gasteiger partial charge is 0.496 e. The molecule has 0 saturated heterocycles. The van der Waals surface area contributed by atoms with Crippen LogP contribution in [0, 0.1) is 0 Å². The van der Waals surface area contributed by atoms with Crippen molar-refractivity contribution in [2.45, 2.75) is 33.0 Å². The lowest BCUT2D eigenvalue weighted by Gasteiger charge is -2.08. The molecule has 1 aromatic carbocycles. The van der Waals surface area contributed by atoms with Gasteiger partial charge in [-0.15, -0.1) is 0 Å². The highest BCUT2D eigenvalue weighted by Gasteiger charge is 2.02. The van der Waals surface area contributed by atoms with Gasteiger partial charge >= 0.3 is 0 Å². The van der Waals surface area contributed by atoms with Crippen molar-refractivity contribution >= 4 is 0 Å². The molecule has 0 fully saturated rings. The first kappa shape index (κ1) is 13.6. The standard InChI is InChI=1S/C15H21N3O/c1-3-8-18-12-13(10-17-18)9-16-11-14-6-4-5-7-15(14)19-2/h4-7,10,12,16H,3,8-9,11H2,1-2H3. The minimum absolute atomic E-state index is 0.795. The molecule has 0 spiro atoms. The molecule has 102 valence electrons. The molecular formula is C15H21N3O. The SMILES string of the molecule is CCCn1cc(CNCc2ccccc2OC)cn1. The molecule has 0 unspecified atom stereocenters. The summed E-state index contributed by atoms with van der Waals surface area (Å²) in [6.07, 6.45) is 5.12. The van der Waals surface area contributed by atoms with Crippen molar-refractivity contribution in [3.63, 3.8) is 0 Å². The van der Waals surface area contributed by atoms with Gasteiger partial charge in [-0.2, -0.15) is 5.10 Å². The highest BCUT2D eigenvalue weighted by molar-refractivity contribution is 5.33. The van der Waals surface area contributed by atoms with Gasteiger partial charge in [0.05, 0.1) is 13.3 Å². The number of ether oxygens (including phenoxy) is 1. The van der Waals surface area contributed by atoms with E-state index in [4.69, 9.17) is 4.74 Å². The summed E-state index contributed by atoms with van der Waals surface area (Å²) in [5.74, 6) is 0.927. The first-order chi connectivity index (χ1) is 9.33. The average Bonchev–Trinajstić information content (AvgIpc) is 2.87. The number of aromatic nitrogens is 2. The monoisotopic (exact) mass is 259 g/mol. The topological polar surface area (TPSA) is 39.1 Å². The highest BCUT2D eigenvalue weighted by Crippen LogP contribution is 2.16. The Morgan fingerprint density at radius 3 is 2.89 bits per heavy atom. The summed E-state index contributed by atoms with van der Waals surface area (Å²) >= 11 is 0. The molecule has 0 atom stereocenters. The number of aryl methyl sites for hydroxylation is 1. The quantitative estimate of drug-likeness (QED) is 0.830. The summed E-state index contributed by atoms with van der Waals surface area (Å²) in [5, 5.41) is 7.73. The van der Waals surface area contributed by atoms with E-state index in [1.165, 1.54) is 11.1 Å². The lowest BCUT2D eigenvalue weighted by atomic mass is 10.2. The van der Waals surface area contributed by atoms with Gasteiger partial charge in [-0.25, -0.2) is 0 Å². The number of benzene rings is 1. The van der Waals surface area contributed by atoms with Crippen LogP contribution in [-0.4, -0.2) is 16.9 Å². The van der Waals surface area contributed by atoms with E-state index in [0.29, 0.717) is 0 Å². The minimum atomic E-state index is 0.795. The maximum absolute atomic E-state index is 5.33. The van der Waals surface area contributed by atoms with E-state index in [2.05, 4.69) is 29.6 Å². The van der Waals surface area contributed by atoms with Gasteiger partial charge in [-0.05, 0) is 12.5 Å². The molecule has 0 saturated carbocycles. The Labute approximate surface area is 114 Å². The number of hydrogen-bond donors (Lipinski definition) is 1. The molecule has 2 rings (SSSR count). The molecule has 19 heavy (non-hydrogen) atoms. The molecule has 1 heterocycles. The van der Waals surface area contributed by atoms with Crippen LogP contribution in [0.3, 0.4) is 0 Å². The van der Waals surface area contributed by atoms with Crippen LogP contribution in [-0.2, 0) is 19.6 Å². The predicted molar refractivity (Wildman–Crippen MR) is 76.1 cm³/mol. The Kier molecular flexibility index (Phi) is 4.98. The van der Waals surface area contributed by atoms with Crippen molar-refractivity contribution in [2.75, 3.05) is 7.11 Å². The van der Waals surface area contributed by atoms with E-state index in [-0.39, 0.29) is 0 Å². The fourth-order valence-electron chi connectivity index (χ4n) is 2.04. The molecule has 1 aromatic heterocycles. The summed E-state index contributed by atoms with van der Waals surface area (Å²) in [4.78, 5) is 0. The van der Waals surface area contributed by atoms with E-state index in [1.54, 1.807) is 7.11 Å². The third-order valence-corrected chi connectivity index (χ3v) is 2.98. The Bertz CT molecular complexity index is 508. The molecule has 4 heteroatoms. The average molecular weight is 259 g/mol. The minimum Gasteiger partial charge on any atom is -0.496 e. The Hall–Kier alpha value is -1.81. The number of methoxy groups -OCH3 is 1. The first-order valence-electron chi connectivity index (χ1n) is 6.67. The molecule has 0 aliphatic carbocycles. The van der Waals surface area contributed by atoms with Crippen LogP contribution in [0.4, 0.5) is 0 Å². The van der Waals surface area contributed by atoms with Crippen LogP contribution in [0.2, 0.25) is 0 Å². The molecule has 2 aromatic rings. The van der Waals surface area contributed by atoms with E-state index in [0.717, 1.165) is 31.8 Å². The van der Waals surface area contributed by atoms with Gasteiger partial charge < -0.3 is 10.1 Å². The predicted octanol–water partition coefficient (Wildman–Crippen LogP) is 2.59. The van der Waals surface area contributed by atoms with Crippen molar-refractivity contribution < 1.29 is 4.74 Å². The Morgan fingerprint density at radius 2 is 2.11 bits per heavy atom. The molecule has 0 amide bonds. The van der Waals surface area contributed by atoms with Gasteiger partial charge in [-0.3, -0.25) is 4.68 Å². The summed E-state index contributed by atoms with van der Waals surface area (Å²) in [6.45, 7) is 4.75. The number of para-hydroxylation sites is 1. The number of rotatable bonds is 7. The van der Waals surface area contributed by atoms with Gasteiger partial charge in [0.2, 0.25) is 0 Å². The lowest BCUT2D eigenvalue weighted by Crippen LogP contribution is -2.13. The zero-order valence-electron chi connectivity index (χ0n) is 11.6. The van der Waals surface area contributed by atoms with Crippen LogP contribution in [0.5, 0.6) is 5.75 Å². The second kappa shape index (κ2) is 6.95. The van der Waals surface area contributed by atoms with Crippen molar-refractivity contribution in [3.05, 3.63) is 47.8 Å². The summed E-state index contributed by atoms with van der Waals surface area (Å²) in [6, 6.07) is 8.07. The molecule has 1 N–H and O–H groups in total. The smallest absolute Gasteiger partial charge is 0.123 e. The molecule has 0 aliphatic rings. The number of nitrogens with zero attached hydrogens (tertiary/aromatic N) is 2. The van der Waals surface area contributed by atoms with Gasteiger partial charge in [0, 0.05) is 37.0 Å². The maximum Gasteiger partial charge on any atom is 0.123 e. The maximum atomic E-state index is 5.33. The molecule has 0 aliphatic heterocycles. The zero-order chi connectivity index (χ0) is 13.5. The second-order valence-electron chi connectivity index (χ2n) is 4.53. The van der Waals surface area contributed by atoms with Crippen molar-refractivity contribution in [1.82, 2.24) is 15.1 Å². The van der Waals surface area contributed by atoms with Gasteiger partial charge in [-0.1, -0.05) is 25.1 Å². The Balaban J connectivity index is 1.85. The Morgan fingerprint density at radius 1 is 1.26 bits per heavy atom. The van der Waals surface area contributed by atoms with Gasteiger partial charge in [0.15, 0.2) is 0 Å². The van der Waals surface area contributed by atoms with Crippen LogP contribution in [0.1, 0.15) is 24.5 Å². The second-order valence-corrected chi connectivity index (χ2v) is 4.53. The van der Waals surface area contributed by atoms with Crippen molar-refractivity contribution in [3.8, 4) is 5.75 Å². The number of hydrogen-bond acceptors (Lipinski definition) is 3. The summed E-state index contributed by atoms with van der Waals surface area (Å²) in [5.41, 5.74) is 2.38. The summed E-state index contributed by atoms with van der Waals surface area (Å²) < 4.78 is 7.31. The van der Waals surface area contributed by atoms with Crippen LogP contribution in [0.15, 0.2) is 36.7 Å². The van der Waals surface area contributed by atoms with E-state index < -0.39 is 0 Å². The van der Waals surface area contributed by atoms with Gasteiger partial charge in [0.1, 0.15) is 5.75 Å². The van der Waals surface area contributed by atoms with E-state index in [9.17, 15) is 0 Å². The molecule has 4 nitrogen and oxygen atoms in total. The van der Waals surface area contributed by atoms with E-state index in [1.807, 2.05) is 29.1 Å². The first-order valence-corrected chi connectivity index (χ1v) is 6.67. The van der Waals surface area contributed by atoms with Gasteiger partial charge in [0.25, 0.3) is 0 Å². The highest BCUT2D eigenvalue weighted by atomic mass is 16.5. The third kappa shape index (κ3) is 3.83. The molecule has 0 bridgehead atoms. The van der Waals surface area contributed by atoms with Crippen LogP contribution < -0.4 is 10.1 Å². The van der Waals surface area contributed by atoms with E-state index >= 15 is 0 Å². The lowest BCUT2D eigenvalue weighted by molar-refractivity contribution is 0.407. The fourth-order valence-corrected chi connectivity index (χ4v) is 2.04. The fraction of sp³-hybridized carbons (Fsp3) is 0.400. The third-order valence-electron chi connectivity index (χ3n) is 2.98. The zero-order valence-corrected chi connectivity index (χ0v) is 11.6. The number of nitrogens with one attached hydrogen (secondary N) is 1. The normalized spacial score (nSPS) is 10.6. The summed E-state index contributed by atoms with van der Waals surface area (Å²) in [7, 11) is 1.70. The van der Waals surface area contributed by atoms with Crippen molar-refractivity contribution in [2.24, 2.45) is 0 Å². The van der Waals surface area contributed by atoms with Crippen LogP contribution >= 0.6 is 0 Å². The molecular weight excluding hydrogens is 238 g/mol. The van der Waals surface area contributed by atoms with Crippen LogP contribution in [0.25, 0.3) is 0 Å².